The second-order valence-electron chi connectivity index (χ2n) is 4.11. The summed E-state index contributed by atoms with van der Waals surface area (Å²) in [6, 6.07) is 7.31. The van der Waals surface area contributed by atoms with E-state index >= 15 is 0 Å². The van der Waals surface area contributed by atoms with Crippen LogP contribution >= 0.6 is 0 Å². The zero-order valence-electron chi connectivity index (χ0n) is 9.09. The van der Waals surface area contributed by atoms with E-state index in [0.29, 0.717) is 12.8 Å². The number of imide groups is 1. The number of imidazole rings is 1. The summed E-state index contributed by atoms with van der Waals surface area (Å²) < 4.78 is 1.83. The standard InChI is InChI=1S/C12H11N3O2/c16-11-6-5-10(12(17)14-11)15-7-13-8-3-1-2-4-9(8)15/h1-4,7,10H,5-6H2,(H,14,16,17). The molecule has 0 radical (unpaired) electrons. The molecule has 0 aliphatic carbocycles. The Balaban J connectivity index is 2.04. The molecule has 1 aliphatic heterocycles. The Morgan fingerprint density at radius 1 is 1.29 bits per heavy atom. The number of para-hydroxylation sites is 2. The van der Waals surface area contributed by atoms with Gasteiger partial charge in [-0.15, -0.1) is 0 Å². The molecule has 1 aliphatic rings. The van der Waals surface area contributed by atoms with Crippen LogP contribution in [0.5, 0.6) is 0 Å². The number of fused-ring (bicyclic) bond motifs is 1. The van der Waals surface area contributed by atoms with Crippen molar-refractivity contribution in [3.8, 4) is 0 Å². The predicted molar refractivity (Wildman–Crippen MR) is 61.2 cm³/mol. The number of hydrogen-bond acceptors (Lipinski definition) is 3. The molecule has 1 N–H and O–H groups in total. The summed E-state index contributed by atoms with van der Waals surface area (Å²) in [4.78, 5) is 27.1. The van der Waals surface area contributed by atoms with E-state index in [0.717, 1.165) is 11.0 Å². The van der Waals surface area contributed by atoms with Crippen molar-refractivity contribution in [3.63, 3.8) is 0 Å². The van der Waals surface area contributed by atoms with Gasteiger partial charge >= 0.3 is 0 Å². The van der Waals surface area contributed by atoms with Gasteiger partial charge < -0.3 is 4.57 Å². The van der Waals surface area contributed by atoms with Gasteiger partial charge in [0, 0.05) is 6.42 Å². The van der Waals surface area contributed by atoms with Gasteiger partial charge in [0.25, 0.3) is 0 Å². The molecule has 3 rings (SSSR count). The average molecular weight is 229 g/mol. The Bertz CT molecular complexity index is 603. The Hall–Kier alpha value is -2.17. The molecule has 1 fully saturated rings. The van der Waals surface area contributed by atoms with Crippen LogP contribution in [0.15, 0.2) is 30.6 Å². The number of carbonyl (C=O) groups excluding carboxylic acids is 2. The zero-order chi connectivity index (χ0) is 11.8. The maximum absolute atomic E-state index is 11.8. The van der Waals surface area contributed by atoms with Crippen molar-refractivity contribution in [2.24, 2.45) is 0 Å². The maximum atomic E-state index is 11.8. The van der Waals surface area contributed by atoms with E-state index in [9.17, 15) is 9.59 Å². The molecule has 1 aromatic carbocycles. The van der Waals surface area contributed by atoms with Gasteiger partial charge in [-0.05, 0) is 18.6 Å². The van der Waals surface area contributed by atoms with Crippen molar-refractivity contribution in [1.82, 2.24) is 14.9 Å². The van der Waals surface area contributed by atoms with Crippen molar-refractivity contribution in [3.05, 3.63) is 30.6 Å². The lowest BCUT2D eigenvalue weighted by Crippen LogP contribution is -2.41. The van der Waals surface area contributed by atoms with Gasteiger partial charge in [0.05, 0.1) is 17.4 Å². The van der Waals surface area contributed by atoms with Gasteiger partial charge in [-0.1, -0.05) is 12.1 Å². The smallest absolute Gasteiger partial charge is 0.249 e. The van der Waals surface area contributed by atoms with E-state index in [4.69, 9.17) is 0 Å². The van der Waals surface area contributed by atoms with Crippen LogP contribution < -0.4 is 5.32 Å². The third-order valence-electron chi connectivity index (χ3n) is 3.03. The van der Waals surface area contributed by atoms with Crippen LogP contribution in [0, 0.1) is 0 Å². The van der Waals surface area contributed by atoms with Crippen molar-refractivity contribution in [2.75, 3.05) is 0 Å². The monoisotopic (exact) mass is 229 g/mol. The highest BCUT2D eigenvalue weighted by molar-refractivity contribution is 6.00. The summed E-state index contributed by atoms with van der Waals surface area (Å²) in [6.07, 6.45) is 2.57. The third kappa shape index (κ3) is 1.60. The summed E-state index contributed by atoms with van der Waals surface area (Å²) >= 11 is 0. The van der Waals surface area contributed by atoms with E-state index in [1.54, 1.807) is 6.33 Å². The predicted octanol–water partition coefficient (Wildman–Crippen LogP) is 1.01. The summed E-state index contributed by atoms with van der Waals surface area (Å²) in [7, 11) is 0. The molecule has 1 unspecified atom stereocenters. The molecule has 0 bridgehead atoms. The Morgan fingerprint density at radius 2 is 2.12 bits per heavy atom. The number of rotatable bonds is 1. The minimum atomic E-state index is -0.333. The summed E-state index contributed by atoms with van der Waals surface area (Å²) in [6.45, 7) is 0. The maximum Gasteiger partial charge on any atom is 0.249 e. The first-order chi connectivity index (χ1) is 8.25. The minimum absolute atomic E-state index is 0.198. The SMILES string of the molecule is O=C1CCC(n2cnc3ccccc32)C(=O)N1. The van der Waals surface area contributed by atoms with Crippen molar-refractivity contribution in [1.29, 1.82) is 0 Å². The molecule has 17 heavy (non-hydrogen) atoms. The first kappa shape index (κ1) is 10.0. The molecule has 0 saturated carbocycles. The summed E-state index contributed by atoms with van der Waals surface area (Å²) in [5, 5.41) is 2.36. The third-order valence-corrected chi connectivity index (χ3v) is 3.03. The second kappa shape index (κ2) is 3.69. The largest absolute Gasteiger partial charge is 0.318 e. The highest BCUT2D eigenvalue weighted by Gasteiger charge is 2.28. The Morgan fingerprint density at radius 3 is 2.94 bits per heavy atom. The number of nitrogens with one attached hydrogen (secondary N) is 1. The number of carbonyl (C=O) groups is 2. The van der Waals surface area contributed by atoms with Gasteiger partial charge in [-0.25, -0.2) is 4.98 Å². The number of nitrogens with zero attached hydrogens (tertiary/aromatic N) is 2. The minimum Gasteiger partial charge on any atom is -0.318 e. The van der Waals surface area contributed by atoms with Crippen LogP contribution in [0.1, 0.15) is 18.9 Å². The molecule has 0 spiro atoms. The lowest BCUT2D eigenvalue weighted by molar-refractivity contribution is -0.135. The molecule has 1 saturated heterocycles. The van der Waals surface area contributed by atoms with Crippen molar-refractivity contribution in [2.45, 2.75) is 18.9 Å². The van der Waals surface area contributed by atoms with E-state index in [2.05, 4.69) is 10.3 Å². The number of piperidine rings is 1. The van der Waals surface area contributed by atoms with Crippen LogP contribution in [-0.2, 0) is 9.59 Å². The van der Waals surface area contributed by atoms with Crippen LogP contribution in [0.3, 0.4) is 0 Å². The molecule has 2 aromatic rings. The van der Waals surface area contributed by atoms with E-state index in [1.807, 2.05) is 28.8 Å². The normalized spacial score (nSPS) is 20.6. The second-order valence-corrected chi connectivity index (χ2v) is 4.11. The molecule has 2 heterocycles. The van der Waals surface area contributed by atoms with Crippen LogP contribution in [0.25, 0.3) is 11.0 Å². The highest BCUT2D eigenvalue weighted by Crippen LogP contribution is 2.23. The molecule has 86 valence electrons. The highest BCUT2D eigenvalue weighted by atomic mass is 16.2. The molecule has 5 nitrogen and oxygen atoms in total. The van der Waals surface area contributed by atoms with Gasteiger partial charge in [0.2, 0.25) is 11.8 Å². The quantitative estimate of drug-likeness (QED) is 0.742. The number of hydrogen-bond donors (Lipinski definition) is 1. The molecule has 2 amide bonds. The fraction of sp³-hybridized carbons (Fsp3) is 0.250. The Labute approximate surface area is 97.4 Å². The molecule has 1 aromatic heterocycles. The summed E-state index contributed by atoms with van der Waals surface area (Å²) in [5.41, 5.74) is 1.78. The van der Waals surface area contributed by atoms with Crippen molar-refractivity contribution < 1.29 is 9.59 Å². The van der Waals surface area contributed by atoms with Gasteiger partial charge in [-0.3, -0.25) is 14.9 Å². The van der Waals surface area contributed by atoms with E-state index in [1.165, 1.54) is 0 Å². The van der Waals surface area contributed by atoms with Gasteiger partial charge in [0.15, 0.2) is 0 Å². The van der Waals surface area contributed by atoms with Crippen molar-refractivity contribution >= 4 is 22.8 Å². The van der Waals surface area contributed by atoms with Crippen LogP contribution in [0.2, 0.25) is 0 Å². The fourth-order valence-electron chi connectivity index (χ4n) is 2.17. The van der Waals surface area contributed by atoms with E-state index in [-0.39, 0.29) is 17.9 Å². The molecule has 1 atom stereocenters. The lowest BCUT2D eigenvalue weighted by atomic mass is 10.1. The average Bonchev–Trinajstić information content (AvgIpc) is 2.73. The number of benzene rings is 1. The molecular weight excluding hydrogens is 218 g/mol. The molecule has 5 heteroatoms. The Kier molecular flexibility index (Phi) is 2.18. The number of aromatic nitrogens is 2. The number of amides is 2. The van der Waals surface area contributed by atoms with Crippen LogP contribution in [0.4, 0.5) is 0 Å². The fourth-order valence-corrected chi connectivity index (χ4v) is 2.17. The molecular formula is C12H11N3O2. The lowest BCUT2D eigenvalue weighted by Gasteiger charge is -2.22. The van der Waals surface area contributed by atoms with E-state index < -0.39 is 0 Å². The van der Waals surface area contributed by atoms with Crippen LogP contribution in [-0.4, -0.2) is 21.4 Å². The first-order valence-corrected chi connectivity index (χ1v) is 5.51. The zero-order valence-corrected chi connectivity index (χ0v) is 9.09. The topological polar surface area (TPSA) is 64.0 Å². The summed E-state index contributed by atoms with van der Waals surface area (Å²) in [5.74, 6) is -0.444. The first-order valence-electron chi connectivity index (χ1n) is 5.51. The van der Waals surface area contributed by atoms with Gasteiger partial charge in [0.1, 0.15) is 6.04 Å². The van der Waals surface area contributed by atoms with Gasteiger partial charge in [-0.2, -0.15) is 0 Å².